The third kappa shape index (κ3) is 3.35. The molecular formula is C16H24N2O. The molecule has 0 radical (unpaired) electrons. The van der Waals surface area contributed by atoms with Gasteiger partial charge >= 0.3 is 0 Å². The number of hydrogen-bond acceptors (Lipinski definition) is 2. The van der Waals surface area contributed by atoms with Crippen molar-refractivity contribution in [2.75, 3.05) is 27.2 Å². The average Bonchev–Trinajstić information content (AvgIpc) is 2.37. The molecule has 0 aliphatic carbocycles. The molecule has 104 valence electrons. The highest BCUT2D eigenvalue weighted by Crippen LogP contribution is 2.18. The van der Waals surface area contributed by atoms with E-state index < -0.39 is 0 Å². The van der Waals surface area contributed by atoms with Crippen LogP contribution in [0.15, 0.2) is 18.2 Å². The van der Waals surface area contributed by atoms with Gasteiger partial charge in [0.15, 0.2) is 0 Å². The fourth-order valence-corrected chi connectivity index (χ4v) is 2.85. The predicted molar refractivity (Wildman–Crippen MR) is 78.5 cm³/mol. The van der Waals surface area contributed by atoms with Gasteiger partial charge in [-0.3, -0.25) is 4.79 Å². The molecule has 0 aromatic heterocycles. The van der Waals surface area contributed by atoms with E-state index in [9.17, 15) is 4.79 Å². The van der Waals surface area contributed by atoms with Gasteiger partial charge in [-0.1, -0.05) is 17.2 Å². The topological polar surface area (TPSA) is 23.6 Å². The number of benzene rings is 1. The molecule has 0 atom stereocenters. The Labute approximate surface area is 116 Å². The molecule has 0 N–H and O–H groups in total. The highest BCUT2D eigenvalue weighted by atomic mass is 16.2. The van der Waals surface area contributed by atoms with Crippen LogP contribution in [0.25, 0.3) is 0 Å². The van der Waals surface area contributed by atoms with Crippen molar-refractivity contribution in [2.45, 2.75) is 32.7 Å². The minimum Gasteiger partial charge on any atom is -0.339 e. The average molecular weight is 260 g/mol. The van der Waals surface area contributed by atoms with E-state index in [1.807, 2.05) is 37.9 Å². The molecule has 3 heteroatoms. The molecule has 1 amide bonds. The van der Waals surface area contributed by atoms with Crippen molar-refractivity contribution in [2.24, 2.45) is 0 Å². The molecule has 1 aliphatic heterocycles. The maximum atomic E-state index is 12.5. The van der Waals surface area contributed by atoms with Crippen molar-refractivity contribution in [1.82, 2.24) is 9.80 Å². The van der Waals surface area contributed by atoms with Gasteiger partial charge in [-0.15, -0.1) is 0 Å². The number of hydrogen-bond donors (Lipinski definition) is 0. The van der Waals surface area contributed by atoms with Gasteiger partial charge in [-0.05, 0) is 59.0 Å². The largest absolute Gasteiger partial charge is 0.339 e. The molecule has 1 aliphatic rings. The van der Waals surface area contributed by atoms with Crippen molar-refractivity contribution in [3.05, 3.63) is 34.9 Å². The summed E-state index contributed by atoms with van der Waals surface area (Å²) < 4.78 is 0. The summed E-state index contributed by atoms with van der Waals surface area (Å²) in [4.78, 5) is 16.8. The molecule has 0 spiro atoms. The Kier molecular flexibility index (Phi) is 4.25. The zero-order valence-electron chi connectivity index (χ0n) is 12.4. The van der Waals surface area contributed by atoms with Crippen LogP contribution in [-0.2, 0) is 0 Å². The van der Waals surface area contributed by atoms with Gasteiger partial charge in [0.1, 0.15) is 0 Å². The molecule has 1 heterocycles. The summed E-state index contributed by atoms with van der Waals surface area (Å²) in [6, 6.07) is 6.46. The maximum Gasteiger partial charge on any atom is 0.253 e. The van der Waals surface area contributed by atoms with E-state index in [4.69, 9.17) is 0 Å². The molecule has 1 aromatic carbocycles. The number of piperidine rings is 1. The smallest absolute Gasteiger partial charge is 0.253 e. The SMILES string of the molecule is Cc1cc(C)cc(C(=O)N(C)C2CCN(C)CC2)c1. The van der Waals surface area contributed by atoms with Gasteiger partial charge < -0.3 is 9.80 Å². The molecule has 2 rings (SSSR count). The lowest BCUT2D eigenvalue weighted by molar-refractivity contribution is 0.0659. The molecule has 0 saturated carbocycles. The van der Waals surface area contributed by atoms with Gasteiger partial charge in [-0.25, -0.2) is 0 Å². The minimum atomic E-state index is 0.154. The highest BCUT2D eigenvalue weighted by molar-refractivity contribution is 5.94. The Morgan fingerprint density at radius 1 is 1.16 bits per heavy atom. The number of carbonyl (C=O) groups excluding carboxylic acids is 1. The van der Waals surface area contributed by atoms with E-state index in [1.165, 1.54) is 0 Å². The fourth-order valence-electron chi connectivity index (χ4n) is 2.85. The lowest BCUT2D eigenvalue weighted by Crippen LogP contribution is -2.44. The Hall–Kier alpha value is -1.35. The lowest BCUT2D eigenvalue weighted by atomic mass is 10.0. The summed E-state index contributed by atoms with van der Waals surface area (Å²) in [6.07, 6.45) is 2.15. The number of likely N-dealkylation sites (tertiary alicyclic amines) is 1. The van der Waals surface area contributed by atoms with Crippen LogP contribution in [0.3, 0.4) is 0 Å². The second-order valence-corrected chi connectivity index (χ2v) is 5.83. The lowest BCUT2D eigenvalue weighted by Gasteiger charge is -2.35. The maximum absolute atomic E-state index is 12.5. The van der Waals surface area contributed by atoms with Crippen LogP contribution >= 0.6 is 0 Å². The molecule has 3 nitrogen and oxygen atoms in total. The van der Waals surface area contributed by atoms with Crippen LogP contribution in [0.1, 0.15) is 34.3 Å². The van der Waals surface area contributed by atoms with E-state index in [1.54, 1.807) is 0 Å². The molecule has 1 fully saturated rings. The summed E-state index contributed by atoms with van der Waals surface area (Å²) in [5, 5.41) is 0. The van der Waals surface area contributed by atoms with Crippen LogP contribution in [-0.4, -0.2) is 48.9 Å². The second-order valence-electron chi connectivity index (χ2n) is 5.83. The second kappa shape index (κ2) is 5.74. The first-order chi connectivity index (χ1) is 8.97. The van der Waals surface area contributed by atoms with E-state index in [-0.39, 0.29) is 5.91 Å². The Morgan fingerprint density at radius 3 is 2.21 bits per heavy atom. The third-order valence-corrected chi connectivity index (χ3v) is 4.02. The molecule has 19 heavy (non-hydrogen) atoms. The Morgan fingerprint density at radius 2 is 1.68 bits per heavy atom. The molecule has 1 aromatic rings. The van der Waals surface area contributed by atoms with Gasteiger partial charge in [0.2, 0.25) is 0 Å². The first-order valence-corrected chi connectivity index (χ1v) is 7.01. The van der Waals surface area contributed by atoms with Crippen molar-refractivity contribution in [1.29, 1.82) is 0 Å². The fraction of sp³-hybridized carbons (Fsp3) is 0.562. The van der Waals surface area contributed by atoms with Crippen LogP contribution in [0.5, 0.6) is 0 Å². The first-order valence-electron chi connectivity index (χ1n) is 7.01. The van der Waals surface area contributed by atoms with Gasteiger partial charge in [-0.2, -0.15) is 0 Å². The van der Waals surface area contributed by atoms with Gasteiger partial charge in [0.05, 0.1) is 0 Å². The summed E-state index contributed by atoms with van der Waals surface area (Å²) in [7, 11) is 4.08. The first kappa shape index (κ1) is 14.1. The van der Waals surface area contributed by atoms with Crippen molar-refractivity contribution in [3.63, 3.8) is 0 Å². The molecule has 1 saturated heterocycles. The molecular weight excluding hydrogens is 236 g/mol. The molecule has 0 bridgehead atoms. The summed E-state index contributed by atoms with van der Waals surface area (Å²) in [6.45, 7) is 6.24. The van der Waals surface area contributed by atoms with Crippen molar-refractivity contribution < 1.29 is 4.79 Å². The summed E-state index contributed by atoms with van der Waals surface area (Å²) in [5.74, 6) is 0.154. The zero-order valence-corrected chi connectivity index (χ0v) is 12.4. The Balaban J connectivity index is 2.10. The Bertz CT molecular complexity index is 442. The number of amides is 1. The normalized spacial score (nSPS) is 17.5. The number of nitrogens with zero attached hydrogens (tertiary/aromatic N) is 2. The van der Waals surface area contributed by atoms with Crippen molar-refractivity contribution in [3.8, 4) is 0 Å². The third-order valence-electron chi connectivity index (χ3n) is 4.02. The standard InChI is InChI=1S/C16H24N2O/c1-12-9-13(2)11-14(10-12)16(19)18(4)15-5-7-17(3)8-6-15/h9-11,15H,5-8H2,1-4H3. The van der Waals surface area contributed by atoms with Crippen LogP contribution in [0.2, 0.25) is 0 Å². The monoisotopic (exact) mass is 260 g/mol. The van der Waals surface area contributed by atoms with E-state index in [2.05, 4.69) is 18.0 Å². The minimum absolute atomic E-state index is 0.154. The van der Waals surface area contributed by atoms with E-state index in [0.29, 0.717) is 6.04 Å². The number of rotatable bonds is 2. The number of carbonyl (C=O) groups is 1. The van der Waals surface area contributed by atoms with Crippen LogP contribution in [0.4, 0.5) is 0 Å². The summed E-state index contributed by atoms with van der Waals surface area (Å²) >= 11 is 0. The van der Waals surface area contributed by atoms with E-state index >= 15 is 0 Å². The number of aryl methyl sites for hydroxylation is 2. The highest BCUT2D eigenvalue weighted by Gasteiger charge is 2.24. The van der Waals surface area contributed by atoms with Crippen LogP contribution < -0.4 is 0 Å². The quantitative estimate of drug-likeness (QED) is 0.815. The van der Waals surface area contributed by atoms with Gasteiger partial charge in [0, 0.05) is 18.7 Å². The van der Waals surface area contributed by atoms with Crippen molar-refractivity contribution >= 4 is 5.91 Å². The van der Waals surface area contributed by atoms with E-state index in [0.717, 1.165) is 42.6 Å². The van der Waals surface area contributed by atoms with Gasteiger partial charge in [0.25, 0.3) is 5.91 Å². The van der Waals surface area contributed by atoms with Crippen LogP contribution in [0, 0.1) is 13.8 Å². The predicted octanol–water partition coefficient (Wildman–Crippen LogP) is 2.47. The molecule has 0 unspecified atom stereocenters. The zero-order chi connectivity index (χ0) is 14.0. The summed E-state index contributed by atoms with van der Waals surface area (Å²) in [5.41, 5.74) is 3.12.